The highest BCUT2D eigenvalue weighted by atomic mass is 32.2. The molecular formula is C12H10N6O2S. The van der Waals surface area contributed by atoms with Crippen molar-refractivity contribution in [1.29, 1.82) is 0 Å². The minimum atomic E-state index is -0.403. The third-order valence-corrected chi connectivity index (χ3v) is 3.90. The second kappa shape index (κ2) is 5.37. The second-order valence-corrected chi connectivity index (χ2v) is 5.07. The minimum absolute atomic E-state index is 0.0243. The van der Waals surface area contributed by atoms with Crippen LogP contribution in [0.1, 0.15) is 0 Å². The lowest BCUT2D eigenvalue weighted by Gasteiger charge is -2.07. The van der Waals surface area contributed by atoms with E-state index in [1.54, 1.807) is 25.2 Å². The Kier molecular flexibility index (Phi) is 3.40. The van der Waals surface area contributed by atoms with Crippen LogP contribution < -0.4 is 5.32 Å². The number of H-pyrrole nitrogens is 1. The number of fused-ring (bicyclic) bond motifs is 1. The van der Waals surface area contributed by atoms with E-state index in [9.17, 15) is 10.1 Å². The Balaban J connectivity index is 2.10. The van der Waals surface area contributed by atoms with E-state index >= 15 is 0 Å². The van der Waals surface area contributed by atoms with Crippen LogP contribution in [0.15, 0.2) is 40.8 Å². The van der Waals surface area contributed by atoms with Crippen molar-refractivity contribution < 1.29 is 4.92 Å². The predicted molar refractivity (Wildman–Crippen MR) is 78.4 cm³/mol. The summed E-state index contributed by atoms with van der Waals surface area (Å²) in [5.74, 6) is 0. The summed E-state index contributed by atoms with van der Waals surface area (Å²) < 4.78 is 0. The number of para-hydroxylation sites is 1. The molecule has 21 heavy (non-hydrogen) atoms. The number of imidazole rings is 1. The SMILES string of the molecule is CNc1cccc(Sc2ncnc3nc[nH]c23)c1[N+](=O)[O-]. The Morgan fingerprint density at radius 1 is 1.33 bits per heavy atom. The summed E-state index contributed by atoms with van der Waals surface area (Å²) in [4.78, 5) is 26.6. The number of nitrogens with zero attached hydrogens (tertiary/aromatic N) is 4. The van der Waals surface area contributed by atoms with Gasteiger partial charge in [-0.05, 0) is 12.1 Å². The maximum absolute atomic E-state index is 11.3. The lowest BCUT2D eigenvalue weighted by molar-refractivity contribution is -0.386. The molecule has 0 spiro atoms. The zero-order valence-electron chi connectivity index (χ0n) is 10.9. The Bertz CT molecular complexity index is 818. The average molecular weight is 302 g/mol. The van der Waals surface area contributed by atoms with Gasteiger partial charge in [0.05, 0.1) is 16.1 Å². The Morgan fingerprint density at radius 2 is 2.19 bits per heavy atom. The van der Waals surface area contributed by atoms with Crippen molar-refractivity contribution in [1.82, 2.24) is 19.9 Å². The van der Waals surface area contributed by atoms with Crippen molar-refractivity contribution >= 4 is 34.3 Å². The van der Waals surface area contributed by atoms with Crippen molar-refractivity contribution in [3.8, 4) is 0 Å². The quantitative estimate of drug-likeness (QED) is 0.432. The molecule has 9 heteroatoms. The number of rotatable bonds is 4. The monoisotopic (exact) mass is 302 g/mol. The molecule has 0 bridgehead atoms. The molecule has 2 aromatic heterocycles. The van der Waals surface area contributed by atoms with Gasteiger partial charge >= 0.3 is 5.69 Å². The molecule has 2 N–H and O–H groups in total. The number of hydrogen-bond acceptors (Lipinski definition) is 7. The molecule has 0 amide bonds. The van der Waals surface area contributed by atoms with E-state index < -0.39 is 4.92 Å². The maximum Gasteiger partial charge on any atom is 0.306 e. The fourth-order valence-electron chi connectivity index (χ4n) is 1.92. The van der Waals surface area contributed by atoms with Gasteiger partial charge in [0.25, 0.3) is 0 Å². The van der Waals surface area contributed by atoms with Crippen LogP contribution in [-0.2, 0) is 0 Å². The molecule has 0 aliphatic rings. The Hall–Kier alpha value is -2.68. The summed E-state index contributed by atoms with van der Waals surface area (Å²) in [7, 11) is 1.65. The van der Waals surface area contributed by atoms with E-state index in [0.717, 1.165) is 0 Å². The molecule has 1 aromatic carbocycles. The van der Waals surface area contributed by atoms with Crippen LogP contribution in [0, 0.1) is 10.1 Å². The molecule has 3 rings (SSSR count). The van der Waals surface area contributed by atoms with E-state index in [1.165, 1.54) is 24.4 Å². The highest BCUT2D eigenvalue weighted by Gasteiger charge is 2.21. The van der Waals surface area contributed by atoms with Crippen LogP contribution in [0.2, 0.25) is 0 Å². The molecule has 0 saturated carbocycles. The first-order valence-corrected chi connectivity index (χ1v) is 6.79. The number of anilines is 1. The van der Waals surface area contributed by atoms with Crippen molar-refractivity contribution in [2.45, 2.75) is 9.92 Å². The van der Waals surface area contributed by atoms with Gasteiger partial charge in [0, 0.05) is 7.05 Å². The van der Waals surface area contributed by atoms with Crippen LogP contribution in [0.25, 0.3) is 11.2 Å². The van der Waals surface area contributed by atoms with Gasteiger partial charge in [-0.25, -0.2) is 15.0 Å². The molecule has 0 aliphatic carbocycles. The third-order valence-electron chi connectivity index (χ3n) is 2.85. The summed E-state index contributed by atoms with van der Waals surface area (Å²) in [5, 5.41) is 14.7. The van der Waals surface area contributed by atoms with Gasteiger partial charge in [-0.1, -0.05) is 17.8 Å². The minimum Gasteiger partial charge on any atom is -0.383 e. The lowest BCUT2D eigenvalue weighted by atomic mass is 10.3. The van der Waals surface area contributed by atoms with Crippen LogP contribution in [0.4, 0.5) is 11.4 Å². The van der Waals surface area contributed by atoms with E-state index in [4.69, 9.17) is 0 Å². The maximum atomic E-state index is 11.3. The first kappa shape index (κ1) is 13.3. The first-order valence-electron chi connectivity index (χ1n) is 5.98. The summed E-state index contributed by atoms with van der Waals surface area (Å²) in [6.45, 7) is 0. The van der Waals surface area contributed by atoms with Crippen molar-refractivity contribution in [3.63, 3.8) is 0 Å². The smallest absolute Gasteiger partial charge is 0.306 e. The van der Waals surface area contributed by atoms with Gasteiger partial charge in [0.2, 0.25) is 0 Å². The van der Waals surface area contributed by atoms with Gasteiger partial charge in [-0.3, -0.25) is 10.1 Å². The molecule has 0 radical (unpaired) electrons. The summed E-state index contributed by atoms with van der Waals surface area (Å²) in [5.41, 5.74) is 1.67. The topological polar surface area (TPSA) is 110 Å². The highest BCUT2D eigenvalue weighted by molar-refractivity contribution is 7.99. The molecule has 0 unspecified atom stereocenters. The molecule has 106 valence electrons. The number of aromatic nitrogens is 4. The number of benzene rings is 1. The fraction of sp³-hybridized carbons (Fsp3) is 0.0833. The Morgan fingerprint density at radius 3 is 2.95 bits per heavy atom. The van der Waals surface area contributed by atoms with E-state index in [1.807, 2.05) is 0 Å². The zero-order valence-corrected chi connectivity index (χ0v) is 11.7. The molecule has 2 heterocycles. The second-order valence-electron chi connectivity index (χ2n) is 4.04. The molecule has 3 aromatic rings. The zero-order chi connectivity index (χ0) is 14.8. The number of nitrogens with one attached hydrogen (secondary N) is 2. The highest BCUT2D eigenvalue weighted by Crippen LogP contribution is 2.39. The van der Waals surface area contributed by atoms with Crippen LogP contribution >= 0.6 is 11.8 Å². The predicted octanol–water partition coefficient (Wildman–Crippen LogP) is 2.45. The van der Waals surface area contributed by atoms with Gasteiger partial charge < -0.3 is 10.3 Å². The number of hydrogen-bond donors (Lipinski definition) is 2. The van der Waals surface area contributed by atoms with Gasteiger partial charge in [-0.2, -0.15) is 0 Å². The van der Waals surface area contributed by atoms with Gasteiger partial charge in [-0.15, -0.1) is 0 Å². The van der Waals surface area contributed by atoms with E-state index in [0.29, 0.717) is 26.8 Å². The van der Waals surface area contributed by atoms with Gasteiger partial charge in [0.1, 0.15) is 22.6 Å². The summed E-state index contributed by atoms with van der Waals surface area (Å²) in [6, 6.07) is 5.11. The van der Waals surface area contributed by atoms with Crippen molar-refractivity contribution in [2.24, 2.45) is 0 Å². The lowest BCUT2D eigenvalue weighted by Crippen LogP contribution is -1.98. The van der Waals surface area contributed by atoms with Crippen molar-refractivity contribution in [3.05, 3.63) is 41.0 Å². The molecule has 0 atom stereocenters. The first-order chi connectivity index (χ1) is 10.2. The molecule has 0 fully saturated rings. The largest absolute Gasteiger partial charge is 0.383 e. The third kappa shape index (κ3) is 2.38. The normalized spacial score (nSPS) is 10.7. The van der Waals surface area contributed by atoms with Crippen LogP contribution in [0.3, 0.4) is 0 Å². The average Bonchev–Trinajstić information content (AvgIpc) is 2.96. The van der Waals surface area contributed by atoms with E-state index in [-0.39, 0.29) is 5.69 Å². The molecule has 0 aliphatic heterocycles. The summed E-state index contributed by atoms with van der Waals surface area (Å²) in [6.07, 6.45) is 2.90. The molecular weight excluding hydrogens is 292 g/mol. The number of nitro benzene ring substituents is 1. The van der Waals surface area contributed by atoms with E-state index in [2.05, 4.69) is 25.3 Å². The fourth-order valence-corrected chi connectivity index (χ4v) is 2.91. The van der Waals surface area contributed by atoms with Gasteiger partial charge in [0.15, 0.2) is 5.65 Å². The standard InChI is InChI=1S/C12H10N6O2S/c1-13-7-3-2-4-8(10(7)18(19)20)21-12-9-11(15-5-14-9)16-6-17-12/h2-6,13H,1H3,(H,14,15,16,17). The summed E-state index contributed by atoms with van der Waals surface area (Å²) >= 11 is 1.20. The van der Waals surface area contributed by atoms with Crippen LogP contribution in [-0.4, -0.2) is 31.9 Å². The number of aromatic amines is 1. The number of nitro groups is 1. The van der Waals surface area contributed by atoms with Crippen molar-refractivity contribution in [2.75, 3.05) is 12.4 Å². The molecule has 0 saturated heterocycles. The molecule has 8 nitrogen and oxygen atoms in total. The van der Waals surface area contributed by atoms with Crippen LogP contribution in [0.5, 0.6) is 0 Å². The Labute approximate surface area is 123 Å².